The van der Waals surface area contributed by atoms with Crippen LogP contribution in [0.15, 0.2) is 52.2 Å². The molecule has 0 fully saturated rings. The Morgan fingerprint density at radius 3 is 2.95 bits per heavy atom. The standard InChI is InChI=1S/C13H7ClN6S2/c14-9-4-1-5-10-11(9)16-13(21-10)22-12-17-18-19-20(12)8-3-2-6-15-7-8/h1-7H. The molecule has 0 saturated carbocycles. The van der Waals surface area contributed by atoms with Crippen molar-refractivity contribution in [3.63, 3.8) is 0 Å². The Labute approximate surface area is 138 Å². The summed E-state index contributed by atoms with van der Waals surface area (Å²) in [6, 6.07) is 9.47. The highest BCUT2D eigenvalue weighted by molar-refractivity contribution is 8.01. The van der Waals surface area contributed by atoms with Crippen molar-refractivity contribution >= 4 is 44.9 Å². The number of nitrogens with zero attached hydrogens (tertiary/aromatic N) is 6. The van der Waals surface area contributed by atoms with Crippen molar-refractivity contribution in [2.75, 3.05) is 0 Å². The molecule has 3 aromatic heterocycles. The van der Waals surface area contributed by atoms with Gasteiger partial charge in [-0.25, -0.2) is 4.98 Å². The summed E-state index contributed by atoms with van der Waals surface area (Å²) in [6.07, 6.45) is 3.41. The molecule has 6 nitrogen and oxygen atoms in total. The minimum absolute atomic E-state index is 0.628. The molecule has 0 amide bonds. The number of para-hydroxylation sites is 1. The second kappa shape index (κ2) is 5.64. The summed E-state index contributed by atoms with van der Waals surface area (Å²) in [5.41, 5.74) is 1.60. The van der Waals surface area contributed by atoms with Crippen LogP contribution in [0.5, 0.6) is 0 Å². The van der Waals surface area contributed by atoms with Crippen LogP contribution in [0.25, 0.3) is 15.9 Å². The molecule has 22 heavy (non-hydrogen) atoms. The fraction of sp³-hybridized carbons (Fsp3) is 0. The molecule has 0 N–H and O–H groups in total. The molecular formula is C13H7ClN6S2. The number of hydrogen-bond donors (Lipinski definition) is 0. The van der Waals surface area contributed by atoms with Crippen molar-refractivity contribution in [3.05, 3.63) is 47.7 Å². The number of tetrazole rings is 1. The highest BCUT2D eigenvalue weighted by Gasteiger charge is 2.14. The van der Waals surface area contributed by atoms with E-state index in [1.807, 2.05) is 30.3 Å². The maximum Gasteiger partial charge on any atom is 0.221 e. The van der Waals surface area contributed by atoms with Gasteiger partial charge in [-0.15, -0.1) is 16.4 Å². The zero-order valence-corrected chi connectivity index (χ0v) is 13.3. The summed E-state index contributed by atoms with van der Waals surface area (Å²) >= 11 is 9.11. The van der Waals surface area contributed by atoms with Gasteiger partial charge in [0.1, 0.15) is 5.52 Å². The molecule has 0 atom stereocenters. The number of fused-ring (bicyclic) bond motifs is 1. The molecule has 0 aliphatic heterocycles. The van der Waals surface area contributed by atoms with E-state index >= 15 is 0 Å². The summed E-state index contributed by atoms with van der Waals surface area (Å²) in [5.74, 6) is 0. The van der Waals surface area contributed by atoms with Crippen LogP contribution in [0.2, 0.25) is 5.02 Å². The van der Waals surface area contributed by atoms with E-state index in [2.05, 4.69) is 25.5 Å². The third kappa shape index (κ3) is 2.45. The first kappa shape index (κ1) is 13.6. The van der Waals surface area contributed by atoms with E-state index in [9.17, 15) is 0 Å². The van der Waals surface area contributed by atoms with E-state index in [0.717, 1.165) is 20.2 Å². The number of rotatable bonds is 3. The molecule has 0 saturated heterocycles. The van der Waals surface area contributed by atoms with Gasteiger partial charge in [-0.3, -0.25) is 4.98 Å². The number of halogens is 1. The first-order valence-corrected chi connectivity index (χ1v) is 8.24. The normalized spacial score (nSPS) is 11.1. The highest BCUT2D eigenvalue weighted by atomic mass is 35.5. The van der Waals surface area contributed by atoms with Crippen LogP contribution in [0.4, 0.5) is 0 Å². The molecule has 0 spiro atoms. The van der Waals surface area contributed by atoms with Crippen LogP contribution in [0.3, 0.4) is 0 Å². The maximum absolute atomic E-state index is 6.16. The SMILES string of the molecule is Clc1cccc2sc(Sc3nnnn3-c3cccnc3)nc12. The third-order valence-electron chi connectivity index (χ3n) is 2.86. The smallest absolute Gasteiger partial charge is 0.221 e. The minimum Gasteiger partial charge on any atom is -0.262 e. The Kier molecular flexibility index (Phi) is 3.49. The zero-order chi connectivity index (χ0) is 14.9. The molecule has 0 radical (unpaired) electrons. The van der Waals surface area contributed by atoms with Gasteiger partial charge in [0.15, 0.2) is 4.34 Å². The summed E-state index contributed by atoms with van der Waals surface area (Å²) in [5, 5.41) is 13.1. The molecule has 108 valence electrons. The summed E-state index contributed by atoms with van der Waals surface area (Å²) in [4.78, 5) is 8.63. The second-order valence-electron chi connectivity index (χ2n) is 4.25. The lowest BCUT2D eigenvalue weighted by Crippen LogP contribution is -1.98. The van der Waals surface area contributed by atoms with Crippen molar-refractivity contribution in [3.8, 4) is 5.69 Å². The van der Waals surface area contributed by atoms with E-state index in [1.165, 1.54) is 11.8 Å². The first-order chi connectivity index (χ1) is 10.8. The minimum atomic E-state index is 0.628. The van der Waals surface area contributed by atoms with Gasteiger partial charge in [-0.05, 0) is 46.5 Å². The van der Waals surface area contributed by atoms with Gasteiger partial charge >= 0.3 is 0 Å². The fourth-order valence-electron chi connectivity index (χ4n) is 1.90. The fourth-order valence-corrected chi connectivity index (χ4v) is 4.16. The molecule has 0 aliphatic rings. The molecule has 4 aromatic rings. The van der Waals surface area contributed by atoms with E-state index in [-0.39, 0.29) is 0 Å². The topological polar surface area (TPSA) is 69.4 Å². The lowest BCUT2D eigenvalue weighted by molar-refractivity contribution is 0.753. The maximum atomic E-state index is 6.16. The van der Waals surface area contributed by atoms with E-state index in [4.69, 9.17) is 11.6 Å². The van der Waals surface area contributed by atoms with Gasteiger partial charge in [0.25, 0.3) is 0 Å². The predicted molar refractivity (Wildman–Crippen MR) is 85.7 cm³/mol. The number of benzene rings is 1. The second-order valence-corrected chi connectivity index (χ2v) is 6.91. The van der Waals surface area contributed by atoms with Crippen molar-refractivity contribution in [2.24, 2.45) is 0 Å². The molecular weight excluding hydrogens is 340 g/mol. The molecule has 9 heteroatoms. The summed E-state index contributed by atoms with van der Waals surface area (Å²) in [7, 11) is 0. The Balaban J connectivity index is 1.72. The summed E-state index contributed by atoms with van der Waals surface area (Å²) in [6.45, 7) is 0. The van der Waals surface area contributed by atoms with E-state index in [0.29, 0.717) is 10.2 Å². The highest BCUT2D eigenvalue weighted by Crippen LogP contribution is 2.36. The van der Waals surface area contributed by atoms with Crippen molar-refractivity contribution in [1.29, 1.82) is 0 Å². The zero-order valence-electron chi connectivity index (χ0n) is 10.9. The molecule has 1 aromatic carbocycles. The van der Waals surface area contributed by atoms with Crippen LogP contribution in [-0.4, -0.2) is 30.2 Å². The summed E-state index contributed by atoms with van der Waals surface area (Å²) < 4.78 is 3.50. The Morgan fingerprint density at radius 2 is 2.14 bits per heavy atom. The average Bonchev–Trinajstić information content (AvgIpc) is 3.16. The quantitative estimate of drug-likeness (QED) is 0.565. The monoisotopic (exact) mass is 346 g/mol. The van der Waals surface area contributed by atoms with Gasteiger partial charge in [-0.2, -0.15) is 4.68 Å². The molecule has 0 bridgehead atoms. The Morgan fingerprint density at radius 1 is 1.18 bits per heavy atom. The number of aromatic nitrogens is 6. The number of hydrogen-bond acceptors (Lipinski definition) is 7. The van der Waals surface area contributed by atoms with Gasteiger partial charge in [0, 0.05) is 6.20 Å². The lowest BCUT2D eigenvalue weighted by Gasteiger charge is -2.00. The number of thiazole rings is 1. The van der Waals surface area contributed by atoms with E-state index < -0.39 is 0 Å². The number of pyridine rings is 1. The van der Waals surface area contributed by atoms with Crippen molar-refractivity contribution < 1.29 is 0 Å². The Bertz CT molecular complexity index is 936. The van der Waals surface area contributed by atoms with Gasteiger partial charge in [-0.1, -0.05) is 17.7 Å². The largest absolute Gasteiger partial charge is 0.262 e. The molecule has 4 rings (SSSR count). The van der Waals surface area contributed by atoms with Gasteiger partial charge < -0.3 is 0 Å². The van der Waals surface area contributed by atoms with Crippen LogP contribution in [-0.2, 0) is 0 Å². The van der Waals surface area contributed by atoms with Crippen LogP contribution >= 0.6 is 34.7 Å². The van der Waals surface area contributed by atoms with Gasteiger partial charge in [0.2, 0.25) is 5.16 Å². The lowest BCUT2D eigenvalue weighted by atomic mass is 10.3. The Hall–Kier alpha value is -2.03. The predicted octanol–water partition coefficient (Wildman–Crippen LogP) is 3.47. The van der Waals surface area contributed by atoms with E-state index in [1.54, 1.807) is 28.4 Å². The van der Waals surface area contributed by atoms with Crippen LogP contribution in [0.1, 0.15) is 0 Å². The first-order valence-electron chi connectivity index (χ1n) is 6.23. The van der Waals surface area contributed by atoms with Crippen molar-refractivity contribution in [1.82, 2.24) is 30.2 Å². The van der Waals surface area contributed by atoms with Crippen LogP contribution in [0, 0.1) is 0 Å². The molecule has 3 heterocycles. The van der Waals surface area contributed by atoms with Crippen molar-refractivity contribution in [2.45, 2.75) is 9.50 Å². The molecule has 0 unspecified atom stereocenters. The third-order valence-corrected chi connectivity index (χ3v) is 5.18. The van der Waals surface area contributed by atoms with Gasteiger partial charge in [0.05, 0.1) is 21.6 Å². The van der Waals surface area contributed by atoms with Crippen LogP contribution < -0.4 is 0 Å². The molecule has 0 aliphatic carbocycles. The average molecular weight is 347 g/mol.